The lowest BCUT2D eigenvalue weighted by atomic mass is 9.70. The van der Waals surface area contributed by atoms with E-state index in [2.05, 4.69) is 35.2 Å². The van der Waals surface area contributed by atoms with Crippen LogP contribution in [0.2, 0.25) is 5.15 Å². The van der Waals surface area contributed by atoms with E-state index >= 15 is 0 Å². The first-order chi connectivity index (χ1) is 24.8. The van der Waals surface area contributed by atoms with Crippen LogP contribution in [0.4, 0.5) is 5.82 Å². The number of aliphatic hydroxyl groups excluding tert-OH is 2. The van der Waals surface area contributed by atoms with Crippen molar-refractivity contribution in [3.8, 4) is 6.07 Å². The number of aliphatic hydroxyl groups is 2. The number of imidazole rings is 2. The number of fused-ring (bicyclic) bond motifs is 2. The first-order valence-electron chi connectivity index (χ1n) is 16.0. The number of amides is 1. The summed E-state index contributed by atoms with van der Waals surface area (Å²) in [5.74, 6) is -0.433. The van der Waals surface area contributed by atoms with Crippen molar-refractivity contribution in [3.05, 3.63) is 66.4 Å². The SMILES string of the molecule is N#CCCOP(=S)(OC[C@H]1C[C@@H](n2cnc3c(Cl)ncnc32)[C@@H]1CO)O[C@H]1C[C@H](n2cnc3c(NC(=O)c4ccccc4)ncnc32)O[C@@H]1CO. The number of nitrogens with zero attached hydrogens (tertiary/aromatic N) is 9. The Morgan fingerprint density at radius 2 is 1.76 bits per heavy atom. The van der Waals surface area contributed by atoms with Crippen LogP contribution in [0.15, 0.2) is 55.6 Å². The van der Waals surface area contributed by atoms with E-state index in [0.717, 1.165) is 0 Å². The number of ether oxygens (including phenoxy) is 1. The summed E-state index contributed by atoms with van der Waals surface area (Å²) in [6.07, 6.45) is 4.50. The molecule has 5 heterocycles. The molecule has 7 atom stereocenters. The van der Waals surface area contributed by atoms with Crippen molar-refractivity contribution in [2.75, 3.05) is 31.7 Å². The molecule has 2 fully saturated rings. The summed E-state index contributed by atoms with van der Waals surface area (Å²) >= 11 is 12.0. The Labute approximate surface area is 300 Å². The Hall–Kier alpha value is -4.02. The van der Waals surface area contributed by atoms with E-state index in [-0.39, 0.29) is 67.4 Å². The lowest BCUT2D eigenvalue weighted by molar-refractivity contribution is -0.0450. The predicted molar refractivity (Wildman–Crippen MR) is 185 cm³/mol. The summed E-state index contributed by atoms with van der Waals surface area (Å²) in [6, 6.07) is 10.6. The molecule has 2 aliphatic rings. The van der Waals surface area contributed by atoms with Crippen molar-refractivity contribution in [2.45, 2.75) is 43.7 Å². The minimum atomic E-state index is -3.49. The van der Waals surface area contributed by atoms with Crippen LogP contribution in [-0.4, -0.2) is 93.8 Å². The summed E-state index contributed by atoms with van der Waals surface area (Å²) in [4.78, 5) is 38.5. The minimum absolute atomic E-state index is 0.0205. The number of hydrogen-bond donors (Lipinski definition) is 3. The van der Waals surface area contributed by atoms with Gasteiger partial charge in [-0.2, -0.15) is 5.26 Å². The molecule has 3 N–H and O–H groups in total. The van der Waals surface area contributed by atoms with Crippen molar-refractivity contribution < 1.29 is 33.3 Å². The third kappa shape index (κ3) is 7.22. The number of aromatic nitrogens is 8. The molecule has 0 spiro atoms. The largest absolute Gasteiger partial charge is 0.396 e. The second-order valence-corrected chi connectivity index (χ2v) is 15.3. The second-order valence-electron chi connectivity index (χ2n) is 11.9. The van der Waals surface area contributed by atoms with E-state index in [1.165, 1.54) is 19.0 Å². The normalized spacial score (nSPS) is 24.3. The molecule has 7 rings (SSSR count). The van der Waals surface area contributed by atoms with Crippen LogP contribution in [0.5, 0.6) is 0 Å². The van der Waals surface area contributed by atoms with Gasteiger partial charge in [-0.1, -0.05) is 29.8 Å². The molecule has 5 aromatic rings. The summed E-state index contributed by atoms with van der Waals surface area (Å²) in [7, 11) is 0. The van der Waals surface area contributed by atoms with Crippen LogP contribution in [0.3, 0.4) is 0 Å². The molecule has 1 saturated carbocycles. The highest BCUT2D eigenvalue weighted by atomic mass is 35.5. The molecular formula is C31H32ClN10O7PS. The van der Waals surface area contributed by atoms with Gasteiger partial charge in [0.05, 0.1) is 51.1 Å². The molecule has 1 amide bonds. The maximum absolute atomic E-state index is 12.8. The fourth-order valence-electron chi connectivity index (χ4n) is 6.35. The summed E-state index contributed by atoms with van der Waals surface area (Å²) in [6.45, 7) is -3.91. The molecule has 51 heavy (non-hydrogen) atoms. The molecule has 1 aliphatic heterocycles. The summed E-state index contributed by atoms with van der Waals surface area (Å²) in [5.41, 5.74) is 2.25. The van der Waals surface area contributed by atoms with Gasteiger partial charge in [0, 0.05) is 30.6 Å². The highest BCUT2D eigenvalue weighted by Crippen LogP contribution is 2.56. The maximum Gasteiger partial charge on any atom is 0.327 e. The number of anilines is 1. The van der Waals surface area contributed by atoms with E-state index < -0.39 is 31.8 Å². The molecule has 4 aromatic heterocycles. The van der Waals surface area contributed by atoms with Gasteiger partial charge in [-0.25, -0.2) is 29.9 Å². The van der Waals surface area contributed by atoms with Gasteiger partial charge in [0.25, 0.3) is 5.91 Å². The molecule has 20 heteroatoms. The van der Waals surface area contributed by atoms with Gasteiger partial charge in [-0.3, -0.25) is 9.36 Å². The zero-order valence-corrected chi connectivity index (χ0v) is 29.3. The first kappa shape index (κ1) is 35.4. The average molecular weight is 755 g/mol. The summed E-state index contributed by atoms with van der Waals surface area (Å²) < 4.78 is 28.1. The van der Waals surface area contributed by atoms with Crippen LogP contribution < -0.4 is 5.32 Å². The Balaban J connectivity index is 1.04. The van der Waals surface area contributed by atoms with Crippen molar-refractivity contribution >= 4 is 64.2 Å². The highest BCUT2D eigenvalue weighted by molar-refractivity contribution is 8.07. The van der Waals surface area contributed by atoms with Crippen molar-refractivity contribution in [3.63, 3.8) is 0 Å². The van der Waals surface area contributed by atoms with E-state index in [0.29, 0.717) is 34.3 Å². The average Bonchev–Trinajstić information content (AvgIpc) is 3.86. The predicted octanol–water partition coefficient (Wildman–Crippen LogP) is 3.58. The number of halogens is 1. The lowest BCUT2D eigenvalue weighted by Gasteiger charge is -2.44. The number of benzene rings is 1. The van der Waals surface area contributed by atoms with E-state index in [4.69, 9.17) is 47.0 Å². The number of rotatable bonds is 14. The minimum Gasteiger partial charge on any atom is -0.396 e. The fourth-order valence-corrected chi connectivity index (χ4v) is 8.70. The molecule has 1 unspecified atom stereocenters. The Morgan fingerprint density at radius 3 is 2.53 bits per heavy atom. The maximum atomic E-state index is 12.8. The zero-order chi connectivity index (χ0) is 35.5. The number of nitriles is 1. The van der Waals surface area contributed by atoms with Crippen molar-refractivity contribution in [1.29, 1.82) is 5.26 Å². The number of carbonyl (C=O) groups is 1. The monoisotopic (exact) mass is 754 g/mol. The topological polar surface area (TPSA) is 217 Å². The molecule has 266 valence electrons. The summed E-state index contributed by atoms with van der Waals surface area (Å²) in [5, 5.41) is 32.8. The van der Waals surface area contributed by atoms with Crippen LogP contribution in [0.1, 0.15) is 41.9 Å². The molecule has 1 aliphatic carbocycles. The Bertz CT molecular complexity index is 2120. The molecule has 0 radical (unpaired) electrons. The zero-order valence-electron chi connectivity index (χ0n) is 26.8. The van der Waals surface area contributed by atoms with Crippen LogP contribution in [0.25, 0.3) is 22.3 Å². The van der Waals surface area contributed by atoms with Crippen molar-refractivity contribution in [2.24, 2.45) is 11.8 Å². The quantitative estimate of drug-likeness (QED) is 0.0839. The van der Waals surface area contributed by atoms with E-state index in [1.807, 2.05) is 16.7 Å². The van der Waals surface area contributed by atoms with E-state index in [1.54, 1.807) is 35.2 Å². The van der Waals surface area contributed by atoms with Crippen LogP contribution in [-0.2, 0) is 30.1 Å². The van der Waals surface area contributed by atoms with E-state index in [9.17, 15) is 15.0 Å². The third-order valence-electron chi connectivity index (χ3n) is 9.00. The van der Waals surface area contributed by atoms with Gasteiger partial charge in [0.15, 0.2) is 27.8 Å². The smallest absolute Gasteiger partial charge is 0.327 e. The Kier molecular flexibility index (Phi) is 10.6. The van der Waals surface area contributed by atoms with Gasteiger partial charge in [-0.05, 0) is 36.3 Å². The van der Waals surface area contributed by atoms with Gasteiger partial charge < -0.3 is 38.4 Å². The van der Waals surface area contributed by atoms with Crippen LogP contribution >= 0.6 is 18.3 Å². The highest BCUT2D eigenvalue weighted by Gasteiger charge is 2.45. The number of hydrogen-bond acceptors (Lipinski definition) is 15. The van der Waals surface area contributed by atoms with Gasteiger partial charge in [0.2, 0.25) is 0 Å². The third-order valence-corrected chi connectivity index (χ3v) is 11.7. The molecule has 1 aromatic carbocycles. The standard InChI is InChI=1S/C31H32ClN10O7PS/c32-27-25-29(36-14-34-27)41(16-38-25)21-9-19(20(21)11-43)13-47-50(51,46-8-4-7-33)49-22-10-24(48-23(22)12-44)42-17-39-26-28(35-15-37-30(26)42)40-31(45)18-5-2-1-3-6-18/h1-3,5-6,14-17,19-24,43-44H,4,8-13H2,(H,35,37,40,45)/t19-,20-,21-,22+,23-,24-,50?/m1/s1. The van der Waals surface area contributed by atoms with Gasteiger partial charge in [-0.15, -0.1) is 0 Å². The Morgan fingerprint density at radius 1 is 1.02 bits per heavy atom. The van der Waals surface area contributed by atoms with Crippen molar-refractivity contribution in [1.82, 2.24) is 39.0 Å². The number of carbonyl (C=O) groups excluding carboxylic acids is 1. The fraction of sp³-hybridized carbons (Fsp3) is 0.419. The first-order valence-corrected chi connectivity index (χ1v) is 18.9. The number of nitrogens with one attached hydrogen (secondary N) is 1. The molecular weight excluding hydrogens is 723 g/mol. The molecule has 17 nitrogen and oxygen atoms in total. The lowest BCUT2D eigenvalue weighted by Crippen LogP contribution is -2.43. The molecule has 1 saturated heterocycles. The van der Waals surface area contributed by atoms with Crippen LogP contribution in [0, 0.1) is 23.2 Å². The second kappa shape index (κ2) is 15.3. The van der Waals surface area contributed by atoms with Gasteiger partial charge in [0.1, 0.15) is 30.5 Å². The molecule has 0 bridgehead atoms. The van der Waals surface area contributed by atoms with Gasteiger partial charge >= 0.3 is 6.72 Å².